The fourth-order valence-electron chi connectivity index (χ4n) is 3.42. The standard InChI is InChI=1S/C23H28N4O2/c1-4-13-26(14-5-2)23(29)21-25-20(19-12-8-9-15-27(19)21)22(28)24-16-18-11-7-6-10-17(18)3/h6-12,15H,4-5,13-14,16H2,1-3H3,(H,24,28). The van der Waals surface area contributed by atoms with E-state index in [1.54, 1.807) is 15.5 Å². The quantitative estimate of drug-likeness (QED) is 0.633. The first-order chi connectivity index (χ1) is 14.1. The molecular formula is C23H28N4O2. The third-order valence-electron chi connectivity index (χ3n) is 4.93. The van der Waals surface area contributed by atoms with Gasteiger partial charge in [-0.1, -0.05) is 44.2 Å². The summed E-state index contributed by atoms with van der Waals surface area (Å²) in [5.41, 5.74) is 3.08. The smallest absolute Gasteiger partial charge is 0.290 e. The summed E-state index contributed by atoms with van der Waals surface area (Å²) in [6.45, 7) is 7.86. The predicted octanol–water partition coefficient (Wildman–Crippen LogP) is 3.83. The molecule has 3 rings (SSSR count). The number of amides is 2. The van der Waals surface area contributed by atoms with Gasteiger partial charge in [-0.05, 0) is 43.0 Å². The van der Waals surface area contributed by atoms with Crippen molar-refractivity contribution in [3.63, 3.8) is 0 Å². The van der Waals surface area contributed by atoms with E-state index in [4.69, 9.17) is 0 Å². The summed E-state index contributed by atoms with van der Waals surface area (Å²) in [4.78, 5) is 32.3. The summed E-state index contributed by atoms with van der Waals surface area (Å²) in [5, 5.41) is 2.94. The molecular weight excluding hydrogens is 364 g/mol. The molecule has 0 aliphatic carbocycles. The van der Waals surface area contributed by atoms with Gasteiger partial charge < -0.3 is 10.2 Å². The van der Waals surface area contributed by atoms with Gasteiger partial charge in [0.05, 0.1) is 5.52 Å². The Labute approximate surface area is 171 Å². The number of carbonyl (C=O) groups is 2. The first-order valence-corrected chi connectivity index (χ1v) is 10.2. The topological polar surface area (TPSA) is 66.7 Å². The van der Waals surface area contributed by atoms with E-state index in [1.807, 2.05) is 63.2 Å². The molecule has 0 spiro atoms. The third-order valence-corrected chi connectivity index (χ3v) is 4.93. The number of nitrogens with zero attached hydrogens (tertiary/aromatic N) is 3. The highest BCUT2D eigenvalue weighted by Gasteiger charge is 2.24. The van der Waals surface area contributed by atoms with Gasteiger partial charge in [-0.2, -0.15) is 0 Å². The highest BCUT2D eigenvalue weighted by molar-refractivity contribution is 6.02. The number of hydrogen-bond acceptors (Lipinski definition) is 3. The van der Waals surface area contributed by atoms with Gasteiger partial charge in [-0.25, -0.2) is 4.98 Å². The first-order valence-electron chi connectivity index (χ1n) is 10.2. The fourth-order valence-corrected chi connectivity index (χ4v) is 3.42. The van der Waals surface area contributed by atoms with Crippen LogP contribution in [0.5, 0.6) is 0 Å². The fraction of sp³-hybridized carbons (Fsp3) is 0.348. The van der Waals surface area contributed by atoms with Crippen LogP contribution in [0, 0.1) is 6.92 Å². The van der Waals surface area contributed by atoms with Crippen molar-refractivity contribution >= 4 is 17.3 Å². The minimum Gasteiger partial charge on any atom is -0.347 e. The second kappa shape index (κ2) is 9.37. The molecule has 1 N–H and O–H groups in total. The van der Waals surface area contributed by atoms with Crippen LogP contribution in [0.15, 0.2) is 48.7 Å². The van der Waals surface area contributed by atoms with Crippen LogP contribution in [0.25, 0.3) is 5.52 Å². The number of carbonyl (C=O) groups excluding carboxylic acids is 2. The minimum absolute atomic E-state index is 0.146. The van der Waals surface area contributed by atoms with E-state index in [0.717, 1.165) is 24.0 Å². The Morgan fingerprint density at radius 2 is 1.72 bits per heavy atom. The van der Waals surface area contributed by atoms with Crippen molar-refractivity contribution in [2.75, 3.05) is 13.1 Å². The number of aromatic nitrogens is 2. The zero-order valence-electron chi connectivity index (χ0n) is 17.3. The van der Waals surface area contributed by atoms with Gasteiger partial charge in [-0.15, -0.1) is 0 Å². The molecule has 2 heterocycles. The Morgan fingerprint density at radius 1 is 1.03 bits per heavy atom. The number of imidazole rings is 1. The largest absolute Gasteiger partial charge is 0.347 e. The minimum atomic E-state index is -0.284. The molecule has 0 fully saturated rings. The Hall–Kier alpha value is -3.15. The molecule has 0 unspecified atom stereocenters. The van der Waals surface area contributed by atoms with E-state index in [0.29, 0.717) is 25.2 Å². The lowest BCUT2D eigenvalue weighted by Crippen LogP contribution is -2.33. The predicted molar refractivity (Wildman–Crippen MR) is 114 cm³/mol. The van der Waals surface area contributed by atoms with E-state index in [-0.39, 0.29) is 23.3 Å². The van der Waals surface area contributed by atoms with Gasteiger partial charge >= 0.3 is 0 Å². The SMILES string of the molecule is CCCN(CCC)C(=O)c1nc(C(=O)NCc2ccccc2C)c2ccccn12. The zero-order chi connectivity index (χ0) is 20.8. The first kappa shape index (κ1) is 20.6. The van der Waals surface area contributed by atoms with Crippen molar-refractivity contribution in [1.29, 1.82) is 0 Å². The summed E-state index contributed by atoms with van der Waals surface area (Å²) < 4.78 is 1.71. The van der Waals surface area contributed by atoms with Crippen LogP contribution < -0.4 is 5.32 Å². The number of benzene rings is 1. The van der Waals surface area contributed by atoms with Crippen molar-refractivity contribution in [2.24, 2.45) is 0 Å². The summed E-state index contributed by atoms with van der Waals surface area (Å²) in [6, 6.07) is 13.4. The highest BCUT2D eigenvalue weighted by atomic mass is 16.2. The molecule has 6 nitrogen and oxygen atoms in total. The van der Waals surface area contributed by atoms with Crippen molar-refractivity contribution in [2.45, 2.75) is 40.2 Å². The van der Waals surface area contributed by atoms with E-state index >= 15 is 0 Å². The Balaban J connectivity index is 1.90. The van der Waals surface area contributed by atoms with Crippen LogP contribution >= 0.6 is 0 Å². The molecule has 0 saturated carbocycles. The van der Waals surface area contributed by atoms with Gasteiger partial charge in [0.25, 0.3) is 11.8 Å². The molecule has 0 radical (unpaired) electrons. The maximum absolute atomic E-state index is 13.1. The number of nitrogens with one attached hydrogen (secondary N) is 1. The van der Waals surface area contributed by atoms with E-state index in [1.165, 1.54) is 0 Å². The molecule has 2 aromatic heterocycles. The monoisotopic (exact) mass is 392 g/mol. The molecule has 0 aliphatic heterocycles. The molecule has 3 aromatic rings. The molecule has 152 valence electrons. The maximum atomic E-state index is 13.1. The van der Waals surface area contributed by atoms with Gasteiger partial charge in [0.2, 0.25) is 5.82 Å². The van der Waals surface area contributed by atoms with E-state index < -0.39 is 0 Å². The lowest BCUT2D eigenvalue weighted by molar-refractivity contribution is 0.0742. The molecule has 2 amide bonds. The lowest BCUT2D eigenvalue weighted by Gasteiger charge is -2.20. The number of pyridine rings is 1. The van der Waals surface area contributed by atoms with Crippen molar-refractivity contribution in [1.82, 2.24) is 19.6 Å². The second-order valence-electron chi connectivity index (χ2n) is 7.14. The highest BCUT2D eigenvalue weighted by Crippen LogP contribution is 2.16. The molecule has 0 bridgehead atoms. The second-order valence-corrected chi connectivity index (χ2v) is 7.14. The Kier molecular flexibility index (Phi) is 6.65. The number of fused-ring (bicyclic) bond motifs is 1. The third kappa shape index (κ3) is 4.47. The van der Waals surface area contributed by atoms with Crippen LogP contribution in [-0.2, 0) is 6.54 Å². The van der Waals surface area contributed by atoms with Gasteiger partial charge in [-0.3, -0.25) is 14.0 Å². The van der Waals surface area contributed by atoms with Crippen LogP contribution in [0.3, 0.4) is 0 Å². The van der Waals surface area contributed by atoms with E-state index in [9.17, 15) is 9.59 Å². The summed E-state index contributed by atoms with van der Waals surface area (Å²) in [6.07, 6.45) is 3.53. The molecule has 0 atom stereocenters. The number of rotatable bonds is 8. The van der Waals surface area contributed by atoms with E-state index in [2.05, 4.69) is 10.3 Å². The molecule has 1 aromatic carbocycles. The zero-order valence-corrected chi connectivity index (χ0v) is 17.3. The van der Waals surface area contributed by atoms with Crippen molar-refractivity contribution in [3.8, 4) is 0 Å². The van der Waals surface area contributed by atoms with Crippen LogP contribution in [0.4, 0.5) is 0 Å². The summed E-state index contributed by atoms with van der Waals surface area (Å²) in [7, 11) is 0. The summed E-state index contributed by atoms with van der Waals surface area (Å²) in [5.74, 6) is -0.148. The number of hydrogen-bond donors (Lipinski definition) is 1. The van der Waals surface area contributed by atoms with Crippen LogP contribution in [-0.4, -0.2) is 39.2 Å². The van der Waals surface area contributed by atoms with Crippen LogP contribution in [0.1, 0.15) is 58.9 Å². The van der Waals surface area contributed by atoms with Gasteiger partial charge in [0.15, 0.2) is 5.69 Å². The van der Waals surface area contributed by atoms with Gasteiger partial charge in [0, 0.05) is 25.8 Å². The average Bonchev–Trinajstić information content (AvgIpc) is 3.12. The van der Waals surface area contributed by atoms with Crippen molar-refractivity contribution < 1.29 is 9.59 Å². The summed E-state index contributed by atoms with van der Waals surface area (Å²) >= 11 is 0. The lowest BCUT2D eigenvalue weighted by atomic mass is 10.1. The Bertz CT molecular complexity index is 1000. The molecule has 29 heavy (non-hydrogen) atoms. The molecule has 0 aliphatic rings. The molecule has 0 saturated heterocycles. The normalized spacial score (nSPS) is 10.9. The van der Waals surface area contributed by atoms with Crippen LogP contribution in [0.2, 0.25) is 0 Å². The number of aryl methyl sites for hydroxylation is 1. The Morgan fingerprint density at radius 3 is 2.41 bits per heavy atom. The van der Waals surface area contributed by atoms with Gasteiger partial charge in [0.1, 0.15) is 0 Å². The van der Waals surface area contributed by atoms with Crippen molar-refractivity contribution in [3.05, 3.63) is 71.3 Å². The average molecular weight is 393 g/mol. The molecule has 6 heteroatoms. The maximum Gasteiger partial charge on any atom is 0.290 e.